The smallest absolute Gasteiger partial charge is 0.230 e. The molecule has 1 unspecified atom stereocenters. The number of nitrogens with two attached hydrogens (primary N) is 1. The maximum absolute atomic E-state index is 5.63. The molecule has 1 fully saturated rings. The van der Waals surface area contributed by atoms with E-state index < -0.39 is 0 Å². The van der Waals surface area contributed by atoms with Crippen molar-refractivity contribution >= 4 is 0 Å². The summed E-state index contributed by atoms with van der Waals surface area (Å²) in [4.78, 5) is 4.26. The predicted octanol–water partition coefficient (Wildman–Crippen LogP) is 1.60. The Balaban J connectivity index is 2.16. The molecular formula is C9H15N3O. The summed E-state index contributed by atoms with van der Waals surface area (Å²) in [5.74, 6) is 1.79. The molecule has 0 aromatic carbocycles. The first-order valence-electron chi connectivity index (χ1n) is 4.60. The normalized spacial score (nSPS) is 27.2. The van der Waals surface area contributed by atoms with Crippen LogP contribution in [-0.4, -0.2) is 10.1 Å². The lowest BCUT2D eigenvalue weighted by molar-refractivity contribution is 0.361. The number of hydrogen-bond donors (Lipinski definition) is 1. The van der Waals surface area contributed by atoms with E-state index in [0.29, 0.717) is 17.2 Å². The van der Waals surface area contributed by atoms with Gasteiger partial charge < -0.3 is 10.3 Å². The highest BCUT2D eigenvalue weighted by atomic mass is 16.5. The number of aromatic nitrogens is 2. The zero-order valence-corrected chi connectivity index (χ0v) is 8.24. The molecule has 0 amide bonds. The summed E-state index contributed by atoms with van der Waals surface area (Å²) >= 11 is 0. The third-order valence-corrected chi connectivity index (χ3v) is 2.68. The van der Waals surface area contributed by atoms with Crippen molar-refractivity contribution in [1.82, 2.24) is 10.1 Å². The van der Waals surface area contributed by atoms with Gasteiger partial charge in [-0.15, -0.1) is 0 Å². The average Bonchev–Trinajstić information content (AvgIpc) is 2.50. The lowest BCUT2D eigenvalue weighted by atomic mass is 10.1. The van der Waals surface area contributed by atoms with Crippen LogP contribution in [0.25, 0.3) is 0 Å². The Bertz CT molecular complexity index is 316. The van der Waals surface area contributed by atoms with Crippen LogP contribution in [0.15, 0.2) is 4.52 Å². The molecule has 1 aliphatic rings. The minimum Gasteiger partial charge on any atom is -0.339 e. The Hall–Kier alpha value is -0.900. The van der Waals surface area contributed by atoms with Gasteiger partial charge in [-0.1, -0.05) is 19.0 Å². The van der Waals surface area contributed by atoms with E-state index in [-0.39, 0.29) is 6.04 Å². The van der Waals surface area contributed by atoms with Crippen molar-refractivity contribution in [3.05, 3.63) is 11.7 Å². The Labute approximate surface area is 77.5 Å². The van der Waals surface area contributed by atoms with Gasteiger partial charge in [-0.25, -0.2) is 0 Å². The van der Waals surface area contributed by atoms with Gasteiger partial charge in [0.25, 0.3) is 0 Å². The second kappa shape index (κ2) is 2.54. The molecule has 4 heteroatoms. The van der Waals surface area contributed by atoms with Gasteiger partial charge in [0.2, 0.25) is 5.89 Å². The van der Waals surface area contributed by atoms with Gasteiger partial charge in [-0.3, -0.25) is 0 Å². The van der Waals surface area contributed by atoms with E-state index in [4.69, 9.17) is 10.3 Å². The standard InChI is InChI=1S/C9H15N3O/c1-5(10)7-11-8(13-12-7)6-4-9(6,2)3/h5-6H,4,10H2,1-3H3/t5?,6-/m1/s1. The van der Waals surface area contributed by atoms with E-state index in [1.165, 1.54) is 0 Å². The van der Waals surface area contributed by atoms with Gasteiger partial charge in [0, 0.05) is 5.92 Å². The molecule has 2 atom stereocenters. The van der Waals surface area contributed by atoms with E-state index in [1.54, 1.807) is 0 Å². The average molecular weight is 181 g/mol. The second-order valence-corrected chi connectivity index (χ2v) is 4.52. The molecule has 1 heterocycles. The first-order chi connectivity index (χ1) is 6.00. The van der Waals surface area contributed by atoms with Crippen molar-refractivity contribution in [2.24, 2.45) is 11.1 Å². The largest absolute Gasteiger partial charge is 0.339 e. The highest BCUT2D eigenvalue weighted by Gasteiger charge is 2.50. The van der Waals surface area contributed by atoms with Gasteiger partial charge in [0.1, 0.15) is 0 Å². The molecule has 0 spiro atoms. The molecule has 2 N–H and O–H groups in total. The molecule has 13 heavy (non-hydrogen) atoms. The van der Waals surface area contributed by atoms with Crippen molar-refractivity contribution in [3.63, 3.8) is 0 Å². The fourth-order valence-corrected chi connectivity index (χ4v) is 1.46. The van der Waals surface area contributed by atoms with E-state index in [0.717, 1.165) is 12.3 Å². The molecule has 1 saturated carbocycles. The van der Waals surface area contributed by atoms with Crippen molar-refractivity contribution < 1.29 is 4.52 Å². The minimum absolute atomic E-state index is 0.139. The summed E-state index contributed by atoms with van der Waals surface area (Å²) in [5.41, 5.74) is 5.97. The zero-order valence-electron chi connectivity index (χ0n) is 8.24. The van der Waals surface area contributed by atoms with Gasteiger partial charge in [-0.05, 0) is 18.8 Å². The van der Waals surface area contributed by atoms with Crippen molar-refractivity contribution in [2.75, 3.05) is 0 Å². The first kappa shape index (κ1) is 8.69. The van der Waals surface area contributed by atoms with Gasteiger partial charge in [-0.2, -0.15) is 4.98 Å². The lowest BCUT2D eigenvalue weighted by Gasteiger charge is -1.96. The van der Waals surface area contributed by atoms with E-state index in [2.05, 4.69) is 24.0 Å². The maximum atomic E-state index is 5.63. The van der Waals surface area contributed by atoms with Crippen LogP contribution < -0.4 is 5.73 Å². The van der Waals surface area contributed by atoms with Crippen molar-refractivity contribution in [1.29, 1.82) is 0 Å². The summed E-state index contributed by atoms with van der Waals surface area (Å²) in [5, 5.41) is 3.83. The van der Waals surface area contributed by atoms with Crippen LogP contribution in [0.2, 0.25) is 0 Å². The molecule has 0 saturated heterocycles. The third-order valence-electron chi connectivity index (χ3n) is 2.68. The summed E-state index contributed by atoms with van der Waals surface area (Å²) in [7, 11) is 0. The summed E-state index contributed by atoms with van der Waals surface area (Å²) < 4.78 is 5.14. The van der Waals surface area contributed by atoms with Crippen LogP contribution in [0.5, 0.6) is 0 Å². The van der Waals surface area contributed by atoms with Crippen molar-refractivity contribution in [3.8, 4) is 0 Å². The molecule has 0 aliphatic heterocycles. The predicted molar refractivity (Wildman–Crippen MR) is 48.0 cm³/mol. The van der Waals surface area contributed by atoms with Gasteiger partial charge in [0.05, 0.1) is 6.04 Å². The highest BCUT2D eigenvalue weighted by Crippen LogP contribution is 2.57. The SMILES string of the molecule is CC(N)c1noc([C@H]2CC2(C)C)n1. The Kier molecular flexibility index (Phi) is 1.70. The van der Waals surface area contributed by atoms with Crippen LogP contribution in [0.4, 0.5) is 0 Å². The van der Waals surface area contributed by atoms with Crippen LogP contribution in [-0.2, 0) is 0 Å². The Morgan fingerprint density at radius 3 is 2.62 bits per heavy atom. The quantitative estimate of drug-likeness (QED) is 0.752. The first-order valence-corrected chi connectivity index (χ1v) is 4.60. The van der Waals surface area contributed by atoms with Gasteiger partial charge in [0.15, 0.2) is 5.82 Å². The summed E-state index contributed by atoms with van der Waals surface area (Å²) in [6.45, 7) is 6.26. The molecule has 2 rings (SSSR count). The van der Waals surface area contributed by atoms with Gasteiger partial charge >= 0.3 is 0 Å². The summed E-state index contributed by atoms with van der Waals surface area (Å²) in [6.07, 6.45) is 1.13. The molecule has 1 aromatic heterocycles. The molecule has 0 radical (unpaired) electrons. The second-order valence-electron chi connectivity index (χ2n) is 4.52. The topological polar surface area (TPSA) is 64.9 Å². The summed E-state index contributed by atoms with van der Waals surface area (Å²) in [6, 6.07) is -0.139. The lowest BCUT2D eigenvalue weighted by Crippen LogP contribution is -2.06. The molecule has 72 valence electrons. The molecule has 4 nitrogen and oxygen atoms in total. The van der Waals surface area contributed by atoms with E-state index in [9.17, 15) is 0 Å². The Morgan fingerprint density at radius 1 is 1.62 bits per heavy atom. The molecule has 1 aromatic rings. The Morgan fingerprint density at radius 2 is 2.23 bits per heavy atom. The van der Waals surface area contributed by atoms with E-state index in [1.807, 2.05) is 6.92 Å². The van der Waals surface area contributed by atoms with Crippen LogP contribution in [0.3, 0.4) is 0 Å². The van der Waals surface area contributed by atoms with Crippen LogP contribution in [0.1, 0.15) is 50.9 Å². The van der Waals surface area contributed by atoms with E-state index >= 15 is 0 Å². The number of hydrogen-bond acceptors (Lipinski definition) is 4. The molecular weight excluding hydrogens is 166 g/mol. The maximum Gasteiger partial charge on any atom is 0.230 e. The fourth-order valence-electron chi connectivity index (χ4n) is 1.46. The molecule has 1 aliphatic carbocycles. The zero-order chi connectivity index (χ0) is 9.64. The fraction of sp³-hybridized carbons (Fsp3) is 0.778. The molecule has 0 bridgehead atoms. The van der Waals surface area contributed by atoms with Crippen LogP contribution >= 0.6 is 0 Å². The number of rotatable bonds is 2. The highest BCUT2D eigenvalue weighted by molar-refractivity contribution is 5.13. The number of nitrogens with zero attached hydrogens (tertiary/aromatic N) is 2. The minimum atomic E-state index is -0.139. The van der Waals surface area contributed by atoms with Crippen LogP contribution in [0, 0.1) is 5.41 Å². The van der Waals surface area contributed by atoms with Crippen molar-refractivity contribution in [2.45, 2.75) is 39.2 Å². The monoisotopic (exact) mass is 181 g/mol. The third kappa shape index (κ3) is 1.46.